The first-order chi connectivity index (χ1) is 5.38. The zero-order valence-corrected chi connectivity index (χ0v) is 7.52. The van der Waals surface area contributed by atoms with Crippen molar-refractivity contribution in [1.29, 1.82) is 0 Å². The van der Waals surface area contributed by atoms with Crippen LogP contribution in [0.5, 0.6) is 5.75 Å². The minimum atomic E-state index is 0.877. The van der Waals surface area contributed by atoms with Crippen LogP contribution in [0, 0.1) is 0 Å². The molecule has 2 nitrogen and oxygen atoms in total. The topological polar surface area (TPSA) is 22.1 Å². The second-order valence-electron chi connectivity index (χ2n) is 2.09. The van der Waals surface area contributed by atoms with Gasteiger partial charge in [0.2, 0.25) is 0 Å². The smallest absolute Gasteiger partial charge is 0.141 e. The molecule has 1 rings (SSSR count). The number of ether oxygens (including phenoxy) is 1. The van der Waals surface area contributed by atoms with Gasteiger partial charge in [-0.05, 0) is 18.4 Å². The van der Waals surface area contributed by atoms with Crippen molar-refractivity contribution >= 4 is 11.8 Å². The number of hydrogen-bond donors (Lipinski definition) is 0. The summed E-state index contributed by atoms with van der Waals surface area (Å²) in [4.78, 5) is 4.19. The van der Waals surface area contributed by atoms with E-state index in [0.717, 1.165) is 17.2 Å². The predicted octanol–water partition coefficient (Wildman–Crippen LogP) is 1.95. The fourth-order valence-corrected chi connectivity index (χ4v) is 1.34. The van der Waals surface area contributed by atoms with E-state index in [4.69, 9.17) is 4.74 Å². The van der Waals surface area contributed by atoms with E-state index in [-0.39, 0.29) is 0 Å². The molecule has 3 heteroatoms. The maximum Gasteiger partial charge on any atom is 0.141 e. The second-order valence-corrected chi connectivity index (χ2v) is 2.95. The summed E-state index contributed by atoms with van der Waals surface area (Å²) in [6, 6.07) is 3.81. The molecule has 0 fully saturated rings. The molecule has 0 unspecified atom stereocenters. The lowest BCUT2D eigenvalue weighted by atomic mass is 10.3. The van der Waals surface area contributed by atoms with Crippen LogP contribution in [-0.4, -0.2) is 18.3 Å². The minimum absolute atomic E-state index is 0.877. The van der Waals surface area contributed by atoms with Crippen molar-refractivity contribution in [3.05, 3.63) is 24.0 Å². The number of aromatic nitrogens is 1. The average Bonchev–Trinajstić information content (AvgIpc) is 2.06. The van der Waals surface area contributed by atoms with Crippen molar-refractivity contribution in [3.8, 4) is 5.75 Å². The first-order valence-corrected chi connectivity index (χ1v) is 4.74. The van der Waals surface area contributed by atoms with Crippen molar-refractivity contribution < 1.29 is 4.74 Å². The Kier molecular flexibility index (Phi) is 3.23. The van der Waals surface area contributed by atoms with E-state index < -0.39 is 0 Å². The highest BCUT2D eigenvalue weighted by atomic mass is 32.2. The molecule has 0 saturated heterocycles. The lowest BCUT2D eigenvalue weighted by Gasteiger charge is -2.03. The van der Waals surface area contributed by atoms with Gasteiger partial charge in [-0.1, -0.05) is 0 Å². The first kappa shape index (κ1) is 8.40. The monoisotopic (exact) mass is 169 g/mol. The third-order valence-electron chi connectivity index (χ3n) is 1.35. The molecule has 0 amide bonds. The highest BCUT2D eigenvalue weighted by molar-refractivity contribution is 7.97. The van der Waals surface area contributed by atoms with E-state index in [1.807, 2.05) is 18.4 Å². The summed E-state index contributed by atoms with van der Waals surface area (Å²) in [5.41, 5.74) is 1.02. The van der Waals surface area contributed by atoms with E-state index in [1.54, 1.807) is 25.1 Å². The van der Waals surface area contributed by atoms with Gasteiger partial charge in [0.05, 0.1) is 12.8 Å². The molecule has 1 aromatic heterocycles. The fraction of sp³-hybridized carbons (Fsp3) is 0.375. The summed E-state index contributed by atoms with van der Waals surface area (Å²) in [6.45, 7) is 0. The van der Waals surface area contributed by atoms with E-state index >= 15 is 0 Å². The van der Waals surface area contributed by atoms with Crippen LogP contribution in [0.1, 0.15) is 5.69 Å². The molecule has 0 aromatic carbocycles. The number of methoxy groups -OCH3 is 1. The Hall–Kier alpha value is -0.700. The molecule has 0 N–H and O–H groups in total. The van der Waals surface area contributed by atoms with Gasteiger partial charge in [0.25, 0.3) is 0 Å². The highest BCUT2D eigenvalue weighted by Gasteiger charge is 2.00. The van der Waals surface area contributed by atoms with Crippen LogP contribution in [0.4, 0.5) is 0 Å². The lowest BCUT2D eigenvalue weighted by molar-refractivity contribution is 0.409. The first-order valence-electron chi connectivity index (χ1n) is 3.35. The largest absolute Gasteiger partial charge is 0.495 e. The molecule has 0 aliphatic heterocycles. The fourth-order valence-electron chi connectivity index (χ4n) is 0.854. The van der Waals surface area contributed by atoms with E-state index in [2.05, 4.69) is 4.98 Å². The van der Waals surface area contributed by atoms with Gasteiger partial charge in [0.1, 0.15) is 5.75 Å². The molecule has 0 spiro atoms. The van der Waals surface area contributed by atoms with Crippen molar-refractivity contribution in [1.82, 2.24) is 4.98 Å². The van der Waals surface area contributed by atoms with Crippen LogP contribution in [-0.2, 0) is 5.75 Å². The van der Waals surface area contributed by atoms with Crippen LogP contribution >= 0.6 is 11.8 Å². The zero-order valence-electron chi connectivity index (χ0n) is 6.70. The Labute approximate surface area is 71.0 Å². The number of hydrogen-bond acceptors (Lipinski definition) is 3. The van der Waals surface area contributed by atoms with Crippen LogP contribution < -0.4 is 4.74 Å². The Morgan fingerprint density at radius 2 is 2.45 bits per heavy atom. The molecule has 0 bridgehead atoms. The third-order valence-corrected chi connectivity index (χ3v) is 1.91. The molecular formula is C8H11NOS. The number of nitrogens with zero attached hydrogens (tertiary/aromatic N) is 1. The summed E-state index contributed by atoms with van der Waals surface area (Å²) in [5, 5.41) is 0. The molecule has 11 heavy (non-hydrogen) atoms. The Morgan fingerprint density at radius 3 is 3.09 bits per heavy atom. The third kappa shape index (κ3) is 2.12. The summed E-state index contributed by atoms with van der Waals surface area (Å²) < 4.78 is 5.12. The molecule has 0 saturated carbocycles. The summed E-state index contributed by atoms with van der Waals surface area (Å²) in [6.07, 6.45) is 3.84. The summed E-state index contributed by atoms with van der Waals surface area (Å²) >= 11 is 1.74. The Bertz CT molecular complexity index is 227. The molecule has 0 aliphatic rings. The Morgan fingerprint density at radius 1 is 1.64 bits per heavy atom. The minimum Gasteiger partial charge on any atom is -0.495 e. The summed E-state index contributed by atoms with van der Waals surface area (Å²) in [7, 11) is 1.67. The molecule has 0 radical (unpaired) electrons. The molecular weight excluding hydrogens is 158 g/mol. The maximum absolute atomic E-state index is 5.12. The SMILES string of the molecule is COc1cccnc1CSC. The van der Waals surface area contributed by atoms with Gasteiger partial charge in [-0.2, -0.15) is 11.8 Å². The van der Waals surface area contributed by atoms with E-state index in [9.17, 15) is 0 Å². The second kappa shape index (κ2) is 4.23. The van der Waals surface area contributed by atoms with Crippen molar-refractivity contribution in [2.45, 2.75) is 5.75 Å². The Balaban J connectivity index is 2.83. The maximum atomic E-state index is 5.12. The lowest BCUT2D eigenvalue weighted by Crippen LogP contribution is -1.92. The van der Waals surface area contributed by atoms with E-state index in [1.165, 1.54) is 0 Å². The summed E-state index contributed by atoms with van der Waals surface area (Å²) in [5.74, 6) is 1.78. The van der Waals surface area contributed by atoms with Gasteiger partial charge >= 0.3 is 0 Å². The number of thioether (sulfide) groups is 1. The van der Waals surface area contributed by atoms with Crippen molar-refractivity contribution in [2.24, 2.45) is 0 Å². The van der Waals surface area contributed by atoms with Gasteiger partial charge in [0.15, 0.2) is 0 Å². The quantitative estimate of drug-likeness (QED) is 0.690. The van der Waals surface area contributed by atoms with Gasteiger partial charge in [0, 0.05) is 11.9 Å². The molecule has 1 heterocycles. The van der Waals surface area contributed by atoms with Crippen LogP contribution in [0.25, 0.3) is 0 Å². The molecule has 60 valence electrons. The van der Waals surface area contributed by atoms with Gasteiger partial charge in [-0.3, -0.25) is 4.98 Å². The van der Waals surface area contributed by atoms with E-state index in [0.29, 0.717) is 0 Å². The molecule has 1 aromatic rings. The van der Waals surface area contributed by atoms with Crippen LogP contribution in [0.3, 0.4) is 0 Å². The van der Waals surface area contributed by atoms with Crippen molar-refractivity contribution in [2.75, 3.05) is 13.4 Å². The standard InChI is InChI=1S/C8H11NOS/c1-10-8-4-3-5-9-7(8)6-11-2/h3-5H,6H2,1-2H3. The normalized spacial score (nSPS) is 9.64. The van der Waals surface area contributed by atoms with Crippen molar-refractivity contribution in [3.63, 3.8) is 0 Å². The number of rotatable bonds is 3. The predicted molar refractivity (Wildman–Crippen MR) is 48.0 cm³/mol. The highest BCUT2D eigenvalue weighted by Crippen LogP contribution is 2.18. The number of pyridine rings is 1. The van der Waals surface area contributed by atoms with Gasteiger partial charge in [-0.15, -0.1) is 0 Å². The molecule has 0 aliphatic carbocycles. The average molecular weight is 169 g/mol. The van der Waals surface area contributed by atoms with Crippen LogP contribution in [0.2, 0.25) is 0 Å². The van der Waals surface area contributed by atoms with Crippen LogP contribution in [0.15, 0.2) is 18.3 Å². The van der Waals surface area contributed by atoms with Gasteiger partial charge < -0.3 is 4.74 Å². The van der Waals surface area contributed by atoms with Gasteiger partial charge in [-0.25, -0.2) is 0 Å². The molecule has 0 atom stereocenters. The zero-order chi connectivity index (χ0) is 8.10.